The summed E-state index contributed by atoms with van der Waals surface area (Å²) in [4.78, 5) is 2.41. The maximum absolute atomic E-state index is 2.48. The summed E-state index contributed by atoms with van der Waals surface area (Å²) in [6, 6.07) is 65.0. The van der Waals surface area contributed by atoms with Crippen molar-refractivity contribution in [2.45, 2.75) is 5.41 Å². The summed E-state index contributed by atoms with van der Waals surface area (Å²) >= 11 is 0. The molecule has 1 heteroatoms. The Balaban J connectivity index is 1.31. The van der Waals surface area contributed by atoms with Crippen LogP contribution in [0.25, 0.3) is 43.8 Å². The van der Waals surface area contributed by atoms with Gasteiger partial charge in [-0.05, 0) is 102 Å². The van der Waals surface area contributed by atoms with Crippen LogP contribution in [-0.4, -0.2) is 0 Å². The third kappa shape index (κ3) is 3.35. The first-order valence-electron chi connectivity index (χ1n) is 16.0. The number of nitrogens with zero attached hydrogens (tertiary/aromatic N) is 1. The number of hydrogen-bond acceptors (Lipinski definition) is 1. The Labute approximate surface area is 268 Å². The number of fused-ring (bicyclic) bond motifs is 13. The molecule has 0 heterocycles. The van der Waals surface area contributed by atoms with Gasteiger partial charge in [-0.3, -0.25) is 0 Å². The molecule has 0 radical (unpaired) electrons. The van der Waals surface area contributed by atoms with Crippen molar-refractivity contribution < 1.29 is 0 Å². The van der Waals surface area contributed by atoms with Crippen LogP contribution in [0.5, 0.6) is 0 Å². The monoisotopic (exact) mass is 583 g/mol. The number of rotatable bonds is 3. The molecule has 0 amide bonds. The molecule has 0 N–H and O–H groups in total. The van der Waals surface area contributed by atoms with Crippen LogP contribution in [0.15, 0.2) is 176 Å². The predicted molar refractivity (Wildman–Crippen MR) is 192 cm³/mol. The molecule has 0 unspecified atom stereocenters. The van der Waals surface area contributed by atoms with Crippen molar-refractivity contribution in [2.75, 3.05) is 4.90 Å². The van der Waals surface area contributed by atoms with E-state index in [2.05, 4.69) is 181 Å². The van der Waals surface area contributed by atoms with Crippen LogP contribution in [-0.2, 0) is 5.41 Å². The van der Waals surface area contributed by atoms with E-state index in [9.17, 15) is 0 Å². The van der Waals surface area contributed by atoms with E-state index >= 15 is 0 Å². The second-order valence-electron chi connectivity index (χ2n) is 12.5. The lowest BCUT2D eigenvalue weighted by molar-refractivity contribution is 0.801. The topological polar surface area (TPSA) is 3.24 Å². The summed E-state index contributed by atoms with van der Waals surface area (Å²) in [6.45, 7) is 0. The first kappa shape index (κ1) is 25.4. The van der Waals surface area contributed by atoms with Gasteiger partial charge in [0.05, 0.1) is 5.41 Å². The molecular weight excluding hydrogens is 555 g/mol. The molecule has 0 aromatic heterocycles. The zero-order valence-electron chi connectivity index (χ0n) is 25.2. The molecule has 1 spiro atoms. The molecular formula is C45H29N. The van der Waals surface area contributed by atoms with Crippen LogP contribution in [0.2, 0.25) is 0 Å². The van der Waals surface area contributed by atoms with E-state index in [0.29, 0.717) is 0 Å². The highest BCUT2D eigenvalue weighted by atomic mass is 15.1. The van der Waals surface area contributed by atoms with Crippen molar-refractivity contribution in [1.29, 1.82) is 0 Å². The SMILES string of the molecule is c1ccc(N(c2ccc3c(c2)C2(c4ccccc4-c4ccccc42)c2c-3ccc3ccccc23)c2ccc3ccccc3c2)cc1. The third-order valence-corrected chi connectivity index (χ3v) is 10.2. The molecule has 0 fully saturated rings. The molecule has 2 aliphatic rings. The van der Waals surface area contributed by atoms with E-state index < -0.39 is 5.41 Å². The summed E-state index contributed by atoms with van der Waals surface area (Å²) in [7, 11) is 0. The average Bonchev–Trinajstić information content (AvgIpc) is 3.59. The molecule has 8 aromatic rings. The van der Waals surface area contributed by atoms with Gasteiger partial charge in [-0.2, -0.15) is 0 Å². The van der Waals surface area contributed by atoms with Gasteiger partial charge < -0.3 is 4.90 Å². The van der Waals surface area contributed by atoms with Crippen molar-refractivity contribution in [2.24, 2.45) is 0 Å². The quantitative estimate of drug-likeness (QED) is 0.200. The molecule has 0 aliphatic heterocycles. The molecule has 1 nitrogen and oxygen atoms in total. The summed E-state index contributed by atoms with van der Waals surface area (Å²) < 4.78 is 0. The Bertz CT molecular complexity index is 2440. The highest BCUT2D eigenvalue weighted by molar-refractivity contribution is 6.04. The normalized spacial score (nSPS) is 13.4. The third-order valence-electron chi connectivity index (χ3n) is 10.2. The Kier molecular flexibility index (Phi) is 5.27. The molecule has 0 atom stereocenters. The van der Waals surface area contributed by atoms with Gasteiger partial charge in [0, 0.05) is 17.1 Å². The molecule has 0 bridgehead atoms. The Morgan fingerprint density at radius 2 is 0.870 bits per heavy atom. The van der Waals surface area contributed by atoms with Crippen LogP contribution in [0.1, 0.15) is 22.3 Å². The summed E-state index contributed by atoms with van der Waals surface area (Å²) in [5.74, 6) is 0. The fourth-order valence-corrected chi connectivity index (χ4v) is 8.39. The van der Waals surface area contributed by atoms with Gasteiger partial charge in [0.15, 0.2) is 0 Å². The summed E-state index contributed by atoms with van der Waals surface area (Å²) in [5.41, 5.74) is 13.7. The number of anilines is 3. The minimum Gasteiger partial charge on any atom is -0.310 e. The highest BCUT2D eigenvalue weighted by Crippen LogP contribution is 2.64. The summed E-state index contributed by atoms with van der Waals surface area (Å²) in [5, 5.41) is 5.07. The van der Waals surface area contributed by atoms with E-state index in [-0.39, 0.29) is 0 Å². The zero-order valence-corrected chi connectivity index (χ0v) is 25.2. The molecule has 2 aliphatic carbocycles. The van der Waals surface area contributed by atoms with Crippen LogP contribution in [0, 0.1) is 0 Å². The zero-order chi connectivity index (χ0) is 30.2. The van der Waals surface area contributed by atoms with Crippen molar-refractivity contribution in [3.05, 3.63) is 198 Å². The van der Waals surface area contributed by atoms with E-state index in [1.165, 1.54) is 66.1 Å². The summed E-state index contributed by atoms with van der Waals surface area (Å²) in [6.07, 6.45) is 0. The lowest BCUT2D eigenvalue weighted by atomic mass is 9.69. The minimum atomic E-state index is -0.430. The van der Waals surface area contributed by atoms with Crippen molar-refractivity contribution in [3.8, 4) is 22.3 Å². The second-order valence-corrected chi connectivity index (χ2v) is 12.5. The Morgan fingerprint density at radius 3 is 1.65 bits per heavy atom. The van der Waals surface area contributed by atoms with E-state index in [4.69, 9.17) is 0 Å². The molecule has 0 saturated carbocycles. The maximum Gasteiger partial charge on any atom is 0.0732 e. The average molecular weight is 584 g/mol. The first-order chi connectivity index (χ1) is 22.8. The van der Waals surface area contributed by atoms with Crippen LogP contribution in [0.4, 0.5) is 17.1 Å². The number of para-hydroxylation sites is 1. The maximum atomic E-state index is 2.48. The standard InChI is InChI=1S/C45H29N/c1-2-15-33(16-3-1)46(34-24-22-30-12-4-5-14-32(30)28-34)35-25-27-39-40-26-23-31-13-6-7-17-36(31)44(40)45(43(39)29-35)41-20-10-8-18-37(41)38-19-9-11-21-42(38)45/h1-29H. The van der Waals surface area contributed by atoms with Crippen LogP contribution < -0.4 is 4.90 Å². The second kappa shape index (κ2) is 9.54. The predicted octanol–water partition coefficient (Wildman–Crippen LogP) is 11.8. The lowest BCUT2D eigenvalue weighted by Gasteiger charge is -2.33. The van der Waals surface area contributed by atoms with Crippen molar-refractivity contribution in [1.82, 2.24) is 0 Å². The van der Waals surface area contributed by atoms with Gasteiger partial charge in [-0.1, -0.05) is 140 Å². The smallest absolute Gasteiger partial charge is 0.0732 e. The van der Waals surface area contributed by atoms with Gasteiger partial charge in [0.1, 0.15) is 0 Å². The molecule has 8 aromatic carbocycles. The molecule has 10 rings (SSSR count). The number of benzene rings is 8. The van der Waals surface area contributed by atoms with Gasteiger partial charge in [0.25, 0.3) is 0 Å². The van der Waals surface area contributed by atoms with Gasteiger partial charge in [-0.15, -0.1) is 0 Å². The van der Waals surface area contributed by atoms with E-state index in [0.717, 1.165) is 17.1 Å². The van der Waals surface area contributed by atoms with Crippen LogP contribution >= 0.6 is 0 Å². The molecule has 46 heavy (non-hydrogen) atoms. The fraction of sp³-hybridized carbons (Fsp3) is 0.0222. The highest BCUT2D eigenvalue weighted by Gasteiger charge is 2.52. The molecule has 0 saturated heterocycles. The Hall–Kier alpha value is -5.92. The molecule has 214 valence electrons. The van der Waals surface area contributed by atoms with Crippen molar-refractivity contribution >= 4 is 38.6 Å². The van der Waals surface area contributed by atoms with Gasteiger partial charge in [-0.25, -0.2) is 0 Å². The van der Waals surface area contributed by atoms with Crippen molar-refractivity contribution in [3.63, 3.8) is 0 Å². The van der Waals surface area contributed by atoms with Gasteiger partial charge in [0.2, 0.25) is 0 Å². The largest absolute Gasteiger partial charge is 0.310 e. The Morgan fingerprint density at radius 1 is 0.326 bits per heavy atom. The van der Waals surface area contributed by atoms with Crippen LogP contribution in [0.3, 0.4) is 0 Å². The first-order valence-corrected chi connectivity index (χ1v) is 16.0. The van der Waals surface area contributed by atoms with E-state index in [1.807, 2.05) is 0 Å². The lowest BCUT2D eigenvalue weighted by Crippen LogP contribution is -2.26. The fourth-order valence-electron chi connectivity index (χ4n) is 8.39. The van der Waals surface area contributed by atoms with E-state index in [1.54, 1.807) is 0 Å². The van der Waals surface area contributed by atoms with Gasteiger partial charge >= 0.3 is 0 Å². The minimum absolute atomic E-state index is 0.430. The number of hydrogen-bond donors (Lipinski definition) is 0.